The highest BCUT2D eigenvalue weighted by Crippen LogP contribution is 2.30. The molecule has 0 atom stereocenters. The summed E-state index contributed by atoms with van der Waals surface area (Å²) in [5.74, 6) is 0.369. The van der Waals surface area contributed by atoms with Gasteiger partial charge in [-0.15, -0.1) is 0 Å². The van der Waals surface area contributed by atoms with Crippen molar-refractivity contribution in [2.75, 3.05) is 13.3 Å². The van der Waals surface area contributed by atoms with E-state index < -0.39 is 0 Å². The Bertz CT molecular complexity index is 867. The first-order valence-electron chi connectivity index (χ1n) is 9.72. The predicted molar refractivity (Wildman–Crippen MR) is 104 cm³/mol. The molecule has 2 aromatic carbocycles. The maximum absolute atomic E-state index is 13.9. The van der Waals surface area contributed by atoms with Crippen molar-refractivity contribution in [2.45, 2.75) is 45.4 Å². The fraction of sp³-hybridized carbons (Fsp3) is 0.409. The van der Waals surface area contributed by atoms with Gasteiger partial charge in [-0.2, -0.15) is 0 Å². The Kier molecular flexibility index (Phi) is 5.48. The van der Waals surface area contributed by atoms with Crippen LogP contribution >= 0.6 is 0 Å². The molecule has 0 spiro atoms. The minimum atomic E-state index is -0.312. The maximum Gasteiger partial charge on any atom is 0.317 e. The van der Waals surface area contributed by atoms with Crippen LogP contribution < -0.4 is 10.1 Å². The van der Waals surface area contributed by atoms with E-state index in [1.54, 1.807) is 0 Å². The molecule has 0 aromatic heterocycles. The molecule has 0 bridgehead atoms. The highest BCUT2D eigenvalue weighted by molar-refractivity contribution is 5.75. The molecule has 1 saturated carbocycles. The molecular weight excluding hydrogens is 359 g/mol. The molecule has 4 rings (SSSR count). The van der Waals surface area contributed by atoms with Gasteiger partial charge in [-0.05, 0) is 49.4 Å². The van der Waals surface area contributed by atoms with Crippen molar-refractivity contribution in [1.29, 1.82) is 0 Å². The molecule has 2 amide bonds. The highest BCUT2D eigenvalue weighted by atomic mass is 19.1. The Hall–Kier alpha value is -2.60. The first-order valence-corrected chi connectivity index (χ1v) is 9.72. The third-order valence-electron chi connectivity index (χ3n) is 5.11. The average Bonchev–Trinajstić information content (AvgIpc) is 3.51. The molecule has 148 valence electrons. The number of rotatable bonds is 6. The summed E-state index contributed by atoms with van der Waals surface area (Å²) in [4.78, 5) is 14.7. The number of hydrogen-bond donors (Lipinski definition) is 1. The topological polar surface area (TPSA) is 50.8 Å². The molecule has 28 heavy (non-hydrogen) atoms. The third kappa shape index (κ3) is 4.44. The monoisotopic (exact) mass is 384 g/mol. The third-order valence-corrected chi connectivity index (χ3v) is 5.11. The summed E-state index contributed by atoms with van der Waals surface area (Å²) >= 11 is 0. The molecule has 1 aliphatic carbocycles. The van der Waals surface area contributed by atoms with Crippen molar-refractivity contribution in [3.05, 3.63) is 64.5 Å². The van der Waals surface area contributed by atoms with Gasteiger partial charge in [0, 0.05) is 24.7 Å². The van der Waals surface area contributed by atoms with Crippen LogP contribution in [0.3, 0.4) is 0 Å². The number of benzene rings is 2. The summed E-state index contributed by atoms with van der Waals surface area (Å²) in [6, 6.07) is 11.4. The second-order valence-electron chi connectivity index (χ2n) is 7.49. The number of hydrogen-bond acceptors (Lipinski definition) is 3. The number of carbonyl (C=O) groups is 1. The molecule has 0 saturated heterocycles. The molecule has 0 radical (unpaired) electrons. The van der Waals surface area contributed by atoms with E-state index in [9.17, 15) is 9.18 Å². The molecule has 0 unspecified atom stereocenters. The number of carbonyl (C=O) groups excluding carboxylic acids is 1. The van der Waals surface area contributed by atoms with E-state index in [1.165, 1.54) is 17.7 Å². The van der Waals surface area contributed by atoms with Gasteiger partial charge >= 0.3 is 6.03 Å². The van der Waals surface area contributed by atoms with Crippen LogP contribution in [0.4, 0.5) is 9.18 Å². The Morgan fingerprint density at radius 1 is 1.29 bits per heavy atom. The van der Waals surface area contributed by atoms with Crippen LogP contribution in [0, 0.1) is 12.7 Å². The van der Waals surface area contributed by atoms with Gasteiger partial charge in [0.05, 0.1) is 6.61 Å². The number of ether oxygens (including phenoxy) is 2. The predicted octanol–water partition coefficient (Wildman–Crippen LogP) is 3.92. The van der Waals surface area contributed by atoms with Crippen molar-refractivity contribution in [3.63, 3.8) is 0 Å². The standard InChI is InChI=1S/C22H25FN2O3/c1-15-3-2-4-16(9-15)12-25(20-5-6-20)22(26)24-8-7-17-10-19(23)11-18-13-27-14-28-21(17)18/h2-4,9-11,20H,5-8,12-14H2,1H3,(H,24,26). The van der Waals surface area contributed by atoms with E-state index >= 15 is 0 Å². The van der Waals surface area contributed by atoms with Crippen molar-refractivity contribution >= 4 is 6.03 Å². The smallest absolute Gasteiger partial charge is 0.317 e. The Labute approximate surface area is 164 Å². The second-order valence-corrected chi connectivity index (χ2v) is 7.49. The number of urea groups is 1. The quantitative estimate of drug-likeness (QED) is 0.821. The highest BCUT2D eigenvalue weighted by Gasteiger charge is 2.32. The van der Waals surface area contributed by atoms with Crippen LogP contribution in [0.15, 0.2) is 36.4 Å². The lowest BCUT2D eigenvalue weighted by molar-refractivity contribution is -0.0172. The lowest BCUT2D eigenvalue weighted by Gasteiger charge is -2.24. The van der Waals surface area contributed by atoms with Crippen molar-refractivity contribution in [1.82, 2.24) is 10.2 Å². The largest absolute Gasteiger partial charge is 0.467 e. The van der Waals surface area contributed by atoms with Crippen LogP contribution in [-0.4, -0.2) is 30.3 Å². The normalized spacial score (nSPS) is 15.5. The van der Waals surface area contributed by atoms with Crippen LogP contribution in [0.5, 0.6) is 5.75 Å². The van der Waals surface area contributed by atoms with Gasteiger partial charge in [-0.25, -0.2) is 9.18 Å². The lowest BCUT2D eigenvalue weighted by atomic mass is 10.1. The van der Waals surface area contributed by atoms with E-state index in [0.717, 1.165) is 24.0 Å². The first kappa shape index (κ1) is 18.7. The van der Waals surface area contributed by atoms with Crippen molar-refractivity contribution in [3.8, 4) is 5.75 Å². The van der Waals surface area contributed by atoms with Crippen LogP contribution in [0.25, 0.3) is 0 Å². The Balaban J connectivity index is 1.37. The molecule has 1 fully saturated rings. The van der Waals surface area contributed by atoms with Gasteiger partial charge in [0.2, 0.25) is 0 Å². The van der Waals surface area contributed by atoms with Crippen molar-refractivity contribution < 1.29 is 18.7 Å². The van der Waals surface area contributed by atoms with Gasteiger partial charge in [0.15, 0.2) is 6.79 Å². The molecule has 1 aliphatic heterocycles. The van der Waals surface area contributed by atoms with Crippen LogP contribution in [-0.2, 0) is 24.3 Å². The summed E-state index contributed by atoms with van der Waals surface area (Å²) in [6.45, 7) is 3.60. The summed E-state index contributed by atoms with van der Waals surface area (Å²) in [5, 5.41) is 2.99. The zero-order valence-corrected chi connectivity index (χ0v) is 16.0. The maximum atomic E-state index is 13.9. The van der Waals surface area contributed by atoms with Crippen molar-refractivity contribution in [2.24, 2.45) is 0 Å². The zero-order valence-electron chi connectivity index (χ0n) is 16.0. The molecule has 6 heteroatoms. The number of halogens is 1. The van der Waals surface area contributed by atoms with Crippen LogP contribution in [0.2, 0.25) is 0 Å². The summed E-state index contributed by atoms with van der Waals surface area (Å²) in [7, 11) is 0. The van der Waals surface area contributed by atoms with Gasteiger partial charge in [0.25, 0.3) is 0 Å². The van der Waals surface area contributed by atoms with E-state index in [4.69, 9.17) is 9.47 Å². The van der Waals surface area contributed by atoms with E-state index in [1.807, 2.05) is 17.0 Å². The van der Waals surface area contributed by atoms with E-state index in [2.05, 4.69) is 24.4 Å². The lowest BCUT2D eigenvalue weighted by Crippen LogP contribution is -2.41. The first-order chi connectivity index (χ1) is 13.6. The molecule has 1 N–H and O–H groups in total. The molecule has 2 aliphatic rings. The number of fused-ring (bicyclic) bond motifs is 1. The molecule has 2 aromatic rings. The van der Waals surface area contributed by atoms with Gasteiger partial charge in [-0.3, -0.25) is 0 Å². The average molecular weight is 384 g/mol. The number of nitrogens with one attached hydrogen (secondary N) is 1. The zero-order chi connectivity index (χ0) is 19.5. The second kappa shape index (κ2) is 8.19. The fourth-order valence-corrected chi connectivity index (χ4v) is 3.61. The SMILES string of the molecule is Cc1cccc(CN(C(=O)NCCc2cc(F)cc3c2OCOC3)C2CC2)c1. The molecule has 5 nitrogen and oxygen atoms in total. The minimum absolute atomic E-state index is 0.0708. The van der Waals surface area contributed by atoms with Crippen LogP contribution in [0.1, 0.15) is 35.1 Å². The van der Waals surface area contributed by atoms with E-state index in [0.29, 0.717) is 43.5 Å². The van der Waals surface area contributed by atoms with E-state index in [-0.39, 0.29) is 18.6 Å². The Morgan fingerprint density at radius 2 is 2.14 bits per heavy atom. The summed E-state index contributed by atoms with van der Waals surface area (Å²) in [6.07, 6.45) is 2.60. The van der Waals surface area contributed by atoms with Gasteiger partial charge in [-0.1, -0.05) is 29.8 Å². The number of aryl methyl sites for hydroxylation is 1. The Morgan fingerprint density at radius 3 is 2.93 bits per heavy atom. The summed E-state index contributed by atoms with van der Waals surface area (Å²) in [5.41, 5.74) is 3.80. The summed E-state index contributed by atoms with van der Waals surface area (Å²) < 4.78 is 24.6. The minimum Gasteiger partial charge on any atom is -0.467 e. The number of amides is 2. The molecule has 1 heterocycles. The number of nitrogens with zero attached hydrogens (tertiary/aromatic N) is 1. The van der Waals surface area contributed by atoms with Gasteiger partial charge < -0.3 is 19.7 Å². The fourth-order valence-electron chi connectivity index (χ4n) is 3.61. The van der Waals surface area contributed by atoms with Gasteiger partial charge in [0.1, 0.15) is 11.6 Å². The molecular formula is C22H25FN2O3.